The van der Waals surface area contributed by atoms with Crippen LogP contribution in [-0.2, 0) is 4.74 Å². The molecule has 0 radical (unpaired) electrons. The monoisotopic (exact) mass is 314 g/mol. The van der Waals surface area contributed by atoms with Crippen molar-refractivity contribution in [2.75, 3.05) is 11.9 Å². The standard InChI is InChI=1S/C12H12BrClN2O/c13-9-6-8(3-4-10(9)14)16-11(7-15)12-2-1-5-17-12/h3-4,6,11-12,16H,1-2,5H2. The second-order valence-corrected chi connectivity index (χ2v) is 5.19. The molecule has 17 heavy (non-hydrogen) atoms. The molecule has 1 fully saturated rings. The predicted octanol–water partition coefficient (Wildman–Crippen LogP) is 3.59. The number of nitrogens with one attached hydrogen (secondary N) is 1. The summed E-state index contributed by atoms with van der Waals surface area (Å²) in [6.07, 6.45) is 1.93. The van der Waals surface area contributed by atoms with Gasteiger partial charge in [0.2, 0.25) is 0 Å². The zero-order chi connectivity index (χ0) is 12.3. The molecule has 1 heterocycles. The van der Waals surface area contributed by atoms with Gasteiger partial charge in [-0.1, -0.05) is 11.6 Å². The number of hydrogen-bond acceptors (Lipinski definition) is 3. The Bertz CT molecular complexity index is 441. The largest absolute Gasteiger partial charge is 0.375 e. The Hall–Kier alpha value is -0.760. The lowest BCUT2D eigenvalue weighted by molar-refractivity contribution is 0.107. The number of nitriles is 1. The van der Waals surface area contributed by atoms with Gasteiger partial charge in [-0.05, 0) is 47.0 Å². The van der Waals surface area contributed by atoms with Gasteiger partial charge in [-0.2, -0.15) is 5.26 Å². The van der Waals surface area contributed by atoms with E-state index in [1.165, 1.54) is 0 Å². The Kier molecular flexibility index (Phi) is 4.27. The quantitative estimate of drug-likeness (QED) is 0.927. The van der Waals surface area contributed by atoms with Gasteiger partial charge >= 0.3 is 0 Å². The van der Waals surface area contributed by atoms with E-state index in [-0.39, 0.29) is 12.1 Å². The molecule has 1 aliphatic heterocycles. The Morgan fingerprint density at radius 1 is 1.59 bits per heavy atom. The van der Waals surface area contributed by atoms with E-state index in [2.05, 4.69) is 27.3 Å². The van der Waals surface area contributed by atoms with E-state index in [0.29, 0.717) is 5.02 Å². The van der Waals surface area contributed by atoms with Crippen LogP contribution in [0.4, 0.5) is 5.69 Å². The maximum Gasteiger partial charge on any atom is 0.141 e. The molecule has 1 aliphatic rings. The van der Waals surface area contributed by atoms with E-state index in [0.717, 1.165) is 29.6 Å². The number of benzene rings is 1. The Labute approximate surface area is 114 Å². The SMILES string of the molecule is N#CC(Nc1ccc(Cl)c(Br)c1)C1CCCO1. The van der Waals surface area contributed by atoms with E-state index < -0.39 is 0 Å². The van der Waals surface area contributed by atoms with Crippen LogP contribution >= 0.6 is 27.5 Å². The van der Waals surface area contributed by atoms with Gasteiger partial charge in [-0.15, -0.1) is 0 Å². The molecule has 0 aromatic heterocycles. The van der Waals surface area contributed by atoms with Gasteiger partial charge in [-0.3, -0.25) is 0 Å². The highest BCUT2D eigenvalue weighted by molar-refractivity contribution is 9.10. The molecular formula is C12H12BrClN2O. The summed E-state index contributed by atoms with van der Waals surface area (Å²) >= 11 is 9.27. The molecule has 2 unspecified atom stereocenters. The fourth-order valence-corrected chi connectivity index (χ4v) is 2.34. The number of nitrogens with zero attached hydrogens (tertiary/aromatic N) is 1. The van der Waals surface area contributed by atoms with Gasteiger partial charge in [0, 0.05) is 16.8 Å². The maximum atomic E-state index is 9.14. The lowest BCUT2D eigenvalue weighted by Gasteiger charge is -2.18. The molecule has 0 aliphatic carbocycles. The lowest BCUT2D eigenvalue weighted by atomic mass is 10.1. The minimum atomic E-state index is -0.314. The van der Waals surface area contributed by atoms with Crippen LogP contribution in [0.5, 0.6) is 0 Å². The summed E-state index contributed by atoms with van der Waals surface area (Å²) in [7, 11) is 0. The van der Waals surface area contributed by atoms with Crippen molar-refractivity contribution in [2.45, 2.75) is 25.0 Å². The normalized spacial score (nSPS) is 20.9. The van der Waals surface area contributed by atoms with Crippen molar-refractivity contribution in [3.8, 4) is 6.07 Å². The van der Waals surface area contributed by atoms with Crippen molar-refractivity contribution in [2.24, 2.45) is 0 Å². The first kappa shape index (κ1) is 12.7. The van der Waals surface area contributed by atoms with E-state index in [9.17, 15) is 0 Å². The van der Waals surface area contributed by atoms with Gasteiger partial charge < -0.3 is 10.1 Å². The second-order valence-electron chi connectivity index (χ2n) is 3.93. The van der Waals surface area contributed by atoms with Crippen LogP contribution in [0.1, 0.15) is 12.8 Å². The van der Waals surface area contributed by atoms with Crippen LogP contribution in [0.2, 0.25) is 5.02 Å². The van der Waals surface area contributed by atoms with Gasteiger partial charge in [0.25, 0.3) is 0 Å². The van der Waals surface area contributed by atoms with Crippen molar-refractivity contribution >= 4 is 33.2 Å². The molecule has 2 atom stereocenters. The third kappa shape index (κ3) is 3.12. The lowest BCUT2D eigenvalue weighted by Crippen LogP contribution is -2.31. The molecule has 0 bridgehead atoms. The highest BCUT2D eigenvalue weighted by Crippen LogP contribution is 2.27. The molecule has 3 nitrogen and oxygen atoms in total. The maximum absolute atomic E-state index is 9.14. The fourth-order valence-electron chi connectivity index (χ4n) is 1.84. The predicted molar refractivity (Wildman–Crippen MR) is 71.1 cm³/mol. The van der Waals surface area contributed by atoms with Crippen LogP contribution in [0, 0.1) is 11.3 Å². The summed E-state index contributed by atoms with van der Waals surface area (Å²) in [5, 5.41) is 13.0. The summed E-state index contributed by atoms with van der Waals surface area (Å²) < 4.78 is 6.32. The van der Waals surface area contributed by atoms with E-state index in [1.807, 2.05) is 12.1 Å². The van der Waals surface area contributed by atoms with E-state index in [1.54, 1.807) is 6.07 Å². The molecule has 1 N–H and O–H groups in total. The van der Waals surface area contributed by atoms with Crippen molar-refractivity contribution in [1.29, 1.82) is 5.26 Å². The molecular weight excluding hydrogens is 304 g/mol. The number of ether oxygens (including phenoxy) is 1. The zero-order valence-electron chi connectivity index (χ0n) is 9.12. The average Bonchev–Trinajstić information content (AvgIpc) is 2.84. The smallest absolute Gasteiger partial charge is 0.141 e. The van der Waals surface area contributed by atoms with Gasteiger partial charge in [0.1, 0.15) is 6.04 Å². The van der Waals surface area contributed by atoms with E-state index >= 15 is 0 Å². The van der Waals surface area contributed by atoms with Gasteiger partial charge in [0.05, 0.1) is 17.2 Å². The summed E-state index contributed by atoms with van der Waals surface area (Å²) in [5.74, 6) is 0. The summed E-state index contributed by atoms with van der Waals surface area (Å²) in [6.45, 7) is 0.745. The van der Waals surface area contributed by atoms with Crippen LogP contribution < -0.4 is 5.32 Å². The molecule has 2 rings (SSSR count). The highest BCUT2D eigenvalue weighted by atomic mass is 79.9. The number of hydrogen-bond donors (Lipinski definition) is 1. The molecule has 1 saturated heterocycles. The highest BCUT2D eigenvalue weighted by Gasteiger charge is 2.25. The zero-order valence-corrected chi connectivity index (χ0v) is 11.5. The van der Waals surface area contributed by atoms with Crippen LogP contribution in [0.25, 0.3) is 0 Å². The Morgan fingerprint density at radius 2 is 2.41 bits per heavy atom. The van der Waals surface area contributed by atoms with E-state index in [4.69, 9.17) is 21.6 Å². The van der Waals surface area contributed by atoms with Crippen LogP contribution in [0.15, 0.2) is 22.7 Å². The van der Waals surface area contributed by atoms with Crippen molar-refractivity contribution in [3.05, 3.63) is 27.7 Å². The molecule has 1 aromatic rings. The minimum Gasteiger partial charge on any atom is -0.375 e. The van der Waals surface area contributed by atoms with Crippen molar-refractivity contribution in [3.63, 3.8) is 0 Å². The summed E-state index contributed by atoms with van der Waals surface area (Å²) in [4.78, 5) is 0. The first-order chi connectivity index (χ1) is 8.20. The summed E-state index contributed by atoms with van der Waals surface area (Å²) in [6, 6.07) is 7.43. The average molecular weight is 316 g/mol. The fraction of sp³-hybridized carbons (Fsp3) is 0.417. The summed E-state index contributed by atoms with van der Waals surface area (Å²) in [5.41, 5.74) is 0.864. The van der Waals surface area contributed by atoms with Crippen molar-refractivity contribution in [1.82, 2.24) is 0 Å². The Morgan fingerprint density at radius 3 is 3.00 bits per heavy atom. The van der Waals surface area contributed by atoms with Gasteiger partial charge in [-0.25, -0.2) is 0 Å². The molecule has 0 saturated carbocycles. The number of halogens is 2. The minimum absolute atomic E-state index is 0.0190. The topological polar surface area (TPSA) is 45.0 Å². The molecule has 0 spiro atoms. The first-order valence-electron chi connectivity index (χ1n) is 5.43. The molecule has 90 valence electrons. The third-order valence-corrected chi connectivity index (χ3v) is 3.93. The Balaban J connectivity index is 2.07. The van der Waals surface area contributed by atoms with Crippen LogP contribution in [0.3, 0.4) is 0 Å². The van der Waals surface area contributed by atoms with Gasteiger partial charge in [0.15, 0.2) is 0 Å². The molecule has 0 amide bonds. The molecule has 1 aromatic carbocycles. The number of rotatable bonds is 3. The second kappa shape index (κ2) is 5.72. The molecule has 5 heteroatoms. The van der Waals surface area contributed by atoms with Crippen molar-refractivity contribution < 1.29 is 4.74 Å². The number of anilines is 1. The third-order valence-electron chi connectivity index (χ3n) is 2.72. The van der Waals surface area contributed by atoms with Crippen LogP contribution in [-0.4, -0.2) is 18.8 Å². The first-order valence-corrected chi connectivity index (χ1v) is 6.60.